The van der Waals surface area contributed by atoms with Crippen molar-refractivity contribution in [1.29, 1.82) is 5.26 Å². The third-order valence-corrected chi connectivity index (χ3v) is 2.05. The zero-order valence-corrected chi connectivity index (χ0v) is 9.55. The van der Waals surface area contributed by atoms with Crippen LogP contribution in [0.1, 0.15) is 5.56 Å². The Labute approximate surface area is 103 Å². The Balaban J connectivity index is 2.88. The van der Waals surface area contributed by atoms with Gasteiger partial charge >= 0.3 is 5.69 Å². The fraction of sp³-hybridized carbons (Fsp3) is 0.182. The highest BCUT2D eigenvalue weighted by molar-refractivity contribution is 6.18. The molecule has 0 radical (unpaired) electrons. The van der Waals surface area contributed by atoms with E-state index in [0.717, 1.165) is 0 Å². The lowest BCUT2D eigenvalue weighted by Gasteiger charge is -2.03. The smallest absolute Gasteiger partial charge is 0.312 e. The Morgan fingerprint density at radius 3 is 2.88 bits per heavy atom. The maximum Gasteiger partial charge on any atom is 0.312 e. The van der Waals surface area contributed by atoms with Gasteiger partial charge in [-0.1, -0.05) is 12.2 Å². The first-order chi connectivity index (χ1) is 8.19. The number of rotatable bonds is 5. The fourth-order valence-corrected chi connectivity index (χ4v) is 1.25. The number of allylic oxidation sites excluding steroid dienone is 1. The van der Waals surface area contributed by atoms with E-state index >= 15 is 0 Å². The van der Waals surface area contributed by atoms with Crippen LogP contribution in [0.15, 0.2) is 30.4 Å². The van der Waals surface area contributed by atoms with Gasteiger partial charge < -0.3 is 4.74 Å². The molecule has 0 unspecified atom stereocenters. The van der Waals surface area contributed by atoms with Crippen molar-refractivity contribution >= 4 is 17.3 Å². The number of halogens is 1. The van der Waals surface area contributed by atoms with Crippen molar-refractivity contribution in [1.82, 2.24) is 0 Å². The zero-order valence-electron chi connectivity index (χ0n) is 8.80. The van der Waals surface area contributed by atoms with E-state index < -0.39 is 4.92 Å². The first-order valence-corrected chi connectivity index (χ1v) is 5.24. The first-order valence-electron chi connectivity index (χ1n) is 4.71. The molecule has 0 amide bonds. The summed E-state index contributed by atoms with van der Waals surface area (Å²) in [6, 6.07) is 5.89. The third kappa shape index (κ3) is 3.78. The molecule has 0 saturated carbocycles. The molecule has 0 N–H and O–H groups in total. The van der Waals surface area contributed by atoms with Crippen LogP contribution in [-0.4, -0.2) is 17.4 Å². The Kier molecular flexibility index (Phi) is 4.98. The molecule has 5 nitrogen and oxygen atoms in total. The first kappa shape index (κ1) is 13.0. The highest BCUT2D eigenvalue weighted by Gasteiger charge is 2.15. The van der Waals surface area contributed by atoms with E-state index in [9.17, 15) is 10.1 Å². The molecule has 6 heteroatoms. The molecule has 0 aliphatic rings. The van der Waals surface area contributed by atoms with Gasteiger partial charge in [0.25, 0.3) is 0 Å². The average Bonchev–Trinajstić information content (AvgIpc) is 2.34. The van der Waals surface area contributed by atoms with Crippen LogP contribution < -0.4 is 4.74 Å². The Bertz CT molecular complexity index is 480. The highest BCUT2D eigenvalue weighted by Crippen LogP contribution is 2.27. The molecule has 0 bridgehead atoms. The number of ether oxygens (including phenoxy) is 1. The quantitative estimate of drug-likeness (QED) is 0.349. The SMILES string of the molecule is N#Cc1ccc(OCC=CCCl)c([N+](=O)[O-])c1. The molecule has 0 spiro atoms. The van der Waals surface area contributed by atoms with E-state index in [1.165, 1.54) is 18.2 Å². The normalized spacial score (nSPS) is 10.1. The summed E-state index contributed by atoms with van der Waals surface area (Å²) in [5.74, 6) is 0.493. The number of nitro groups is 1. The van der Waals surface area contributed by atoms with Gasteiger partial charge in [0.05, 0.1) is 16.6 Å². The summed E-state index contributed by atoms with van der Waals surface area (Å²) in [6.07, 6.45) is 3.34. The number of alkyl halides is 1. The van der Waals surface area contributed by atoms with Crippen LogP contribution in [0.5, 0.6) is 5.75 Å². The monoisotopic (exact) mass is 252 g/mol. The molecule has 1 aromatic carbocycles. The second-order valence-corrected chi connectivity index (χ2v) is 3.30. The summed E-state index contributed by atoms with van der Waals surface area (Å²) in [5, 5.41) is 19.4. The van der Waals surface area contributed by atoms with Gasteiger partial charge in [0.1, 0.15) is 6.61 Å². The molecule has 0 heterocycles. The number of benzene rings is 1. The van der Waals surface area contributed by atoms with Gasteiger partial charge in [-0.3, -0.25) is 10.1 Å². The topological polar surface area (TPSA) is 76.2 Å². The van der Waals surface area contributed by atoms with Gasteiger partial charge in [0.15, 0.2) is 5.75 Å². The largest absolute Gasteiger partial charge is 0.483 e. The number of nitriles is 1. The van der Waals surface area contributed by atoms with Crippen molar-refractivity contribution in [3.8, 4) is 11.8 Å². The van der Waals surface area contributed by atoms with Gasteiger partial charge in [-0.05, 0) is 12.1 Å². The summed E-state index contributed by atoms with van der Waals surface area (Å²) in [6.45, 7) is 0.194. The molecule has 1 aromatic rings. The lowest BCUT2D eigenvalue weighted by molar-refractivity contribution is -0.385. The summed E-state index contributed by atoms with van der Waals surface area (Å²) >= 11 is 5.42. The number of hydrogen-bond acceptors (Lipinski definition) is 4. The predicted molar refractivity (Wildman–Crippen MR) is 63.2 cm³/mol. The van der Waals surface area contributed by atoms with Crippen molar-refractivity contribution in [3.63, 3.8) is 0 Å². The molecule has 17 heavy (non-hydrogen) atoms. The van der Waals surface area contributed by atoms with Gasteiger partial charge in [-0.2, -0.15) is 5.26 Å². The minimum atomic E-state index is -0.582. The lowest BCUT2D eigenvalue weighted by Crippen LogP contribution is -1.98. The average molecular weight is 253 g/mol. The Morgan fingerprint density at radius 1 is 1.53 bits per heavy atom. The Morgan fingerprint density at radius 2 is 2.29 bits per heavy atom. The van der Waals surface area contributed by atoms with Crippen LogP contribution in [-0.2, 0) is 0 Å². The van der Waals surface area contributed by atoms with Crippen LogP contribution in [0, 0.1) is 21.4 Å². The van der Waals surface area contributed by atoms with E-state index in [0.29, 0.717) is 5.88 Å². The van der Waals surface area contributed by atoms with Crippen LogP contribution in [0.3, 0.4) is 0 Å². The molecule has 0 aromatic heterocycles. The molecule has 0 fully saturated rings. The number of nitro benzene ring substituents is 1. The molecule has 0 atom stereocenters. The van der Waals surface area contributed by atoms with Crippen molar-refractivity contribution in [2.75, 3.05) is 12.5 Å². The second-order valence-electron chi connectivity index (χ2n) is 2.99. The predicted octanol–water partition coefficient (Wildman–Crippen LogP) is 2.64. The van der Waals surface area contributed by atoms with Crippen molar-refractivity contribution in [3.05, 3.63) is 46.0 Å². The number of hydrogen-bond donors (Lipinski definition) is 0. The highest BCUT2D eigenvalue weighted by atomic mass is 35.5. The van der Waals surface area contributed by atoms with Crippen LogP contribution in [0.4, 0.5) is 5.69 Å². The third-order valence-electron chi connectivity index (χ3n) is 1.88. The molecule has 1 rings (SSSR count). The summed E-state index contributed by atoms with van der Waals surface area (Å²) in [7, 11) is 0. The van der Waals surface area contributed by atoms with E-state index in [1.807, 2.05) is 6.07 Å². The summed E-state index contributed by atoms with van der Waals surface area (Å²) in [5.41, 5.74) is 0.00340. The second kappa shape index (κ2) is 6.51. The maximum absolute atomic E-state index is 10.8. The Hall–Kier alpha value is -2.06. The molecule has 88 valence electrons. The van der Waals surface area contributed by atoms with Crippen LogP contribution in [0.25, 0.3) is 0 Å². The minimum absolute atomic E-state index is 0.133. The van der Waals surface area contributed by atoms with Crippen LogP contribution >= 0.6 is 11.6 Å². The van der Waals surface area contributed by atoms with Crippen molar-refractivity contribution in [2.45, 2.75) is 0 Å². The summed E-state index contributed by atoms with van der Waals surface area (Å²) < 4.78 is 5.20. The van der Waals surface area contributed by atoms with E-state index in [1.54, 1.807) is 12.2 Å². The molecular weight excluding hydrogens is 244 g/mol. The van der Waals surface area contributed by atoms with Gasteiger partial charge in [0.2, 0.25) is 0 Å². The minimum Gasteiger partial charge on any atom is -0.483 e. The molecule has 0 aliphatic heterocycles. The van der Waals surface area contributed by atoms with Crippen molar-refractivity contribution in [2.24, 2.45) is 0 Å². The van der Waals surface area contributed by atoms with E-state index in [-0.39, 0.29) is 23.6 Å². The molecule has 0 aliphatic carbocycles. The van der Waals surface area contributed by atoms with Gasteiger partial charge in [-0.25, -0.2) is 0 Å². The maximum atomic E-state index is 10.8. The number of nitrogens with zero attached hydrogens (tertiary/aromatic N) is 2. The van der Waals surface area contributed by atoms with E-state index in [2.05, 4.69) is 0 Å². The van der Waals surface area contributed by atoms with Gasteiger partial charge in [-0.15, -0.1) is 11.6 Å². The van der Waals surface area contributed by atoms with E-state index in [4.69, 9.17) is 21.6 Å². The summed E-state index contributed by atoms with van der Waals surface area (Å²) in [4.78, 5) is 10.2. The zero-order chi connectivity index (χ0) is 12.7. The van der Waals surface area contributed by atoms with Crippen LogP contribution in [0.2, 0.25) is 0 Å². The van der Waals surface area contributed by atoms with Gasteiger partial charge in [0, 0.05) is 11.9 Å². The van der Waals surface area contributed by atoms with Crippen molar-refractivity contribution < 1.29 is 9.66 Å². The standard InChI is InChI=1S/C11H9ClN2O3/c12-5-1-2-6-17-11-4-3-9(8-13)7-10(11)14(15)16/h1-4,7H,5-6H2. The molecular formula is C11H9ClN2O3. The lowest BCUT2D eigenvalue weighted by atomic mass is 10.2. The fourth-order valence-electron chi connectivity index (χ4n) is 1.12. The molecule has 0 saturated heterocycles.